The third kappa shape index (κ3) is 4.84. The number of hydrogen-bond donors (Lipinski definition) is 0. The minimum Gasteiger partial charge on any atom is -0.346 e. The highest BCUT2D eigenvalue weighted by molar-refractivity contribution is 9.10. The predicted octanol–water partition coefficient (Wildman–Crippen LogP) is 6.73. The van der Waals surface area contributed by atoms with Gasteiger partial charge in [0.25, 0.3) is 5.91 Å². The summed E-state index contributed by atoms with van der Waals surface area (Å²) in [5.74, 6) is 0.118. The number of likely N-dealkylation sites (tertiary alicyclic amines) is 1. The van der Waals surface area contributed by atoms with E-state index in [0.717, 1.165) is 39.6 Å². The first-order valence-electron chi connectivity index (χ1n) is 15.2. The molecule has 4 aromatic carbocycles. The highest BCUT2D eigenvalue weighted by Crippen LogP contribution is 2.52. The Bertz CT molecular complexity index is 1900. The van der Waals surface area contributed by atoms with Gasteiger partial charge in [-0.05, 0) is 72.9 Å². The van der Waals surface area contributed by atoms with Crippen molar-refractivity contribution in [2.75, 3.05) is 11.4 Å². The number of aryl methyl sites for hydroxylation is 2. The molecule has 6 nitrogen and oxygen atoms in total. The molecule has 0 saturated carbocycles. The molecule has 2 unspecified atom stereocenters. The molecule has 5 aromatic rings. The van der Waals surface area contributed by atoms with Crippen molar-refractivity contribution in [3.8, 4) is 0 Å². The van der Waals surface area contributed by atoms with E-state index in [0.29, 0.717) is 12.1 Å². The number of ketones is 1. The van der Waals surface area contributed by atoms with E-state index < -0.39 is 0 Å². The summed E-state index contributed by atoms with van der Waals surface area (Å²) in [7, 11) is 0. The lowest BCUT2D eigenvalue weighted by Gasteiger charge is -2.36. The molecule has 3 heterocycles. The van der Waals surface area contributed by atoms with Crippen molar-refractivity contribution in [3.05, 3.63) is 130 Å². The van der Waals surface area contributed by atoms with Crippen molar-refractivity contribution < 1.29 is 14.2 Å². The first-order chi connectivity index (χ1) is 21.2. The van der Waals surface area contributed by atoms with Gasteiger partial charge in [0.2, 0.25) is 12.1 Å². The third-order valence-corrected chi connectivity index (χ3v) is 10.2. The number of para-hydroxylation sites is 1. The van der Waals surface area contributed by atoms with Gasteiger partial charge in [-0.25, -0.2) is 9.13 Å². The molecule has 0 spiro atoms. The van der Waals surface area contributed by atoms with Crippen molar-refractivity contribution in [1.29, 1.82) is 0 Å². The van der Waals surface area contributed by atoms with E-state index in [4.69, 9.17) is 0 Å². The lowest BCUT2D eigenvalue weighted by Crippen LogP contribution is -2.51. The van der Waals surface area contributed by atoms with Crippen LogP contribution in [0.4, 0.5) is 5.69 Å². The Balaban J connectivity index is 1.21. The fourth-order valence-electron chi connectivity index (χ4n) is 7.19. The maximum atomic E-state index is 14.3. The number of hydrogen-bond acceptors (Lipinski definition) is 3. The minimum atomic E-state index is -0.148. The molecule has 0 bridgehead atoms. The number of carbonyl (C=O) groups is 2. The number of fused-ring (bicyclic) bond motifs is 4. The number of amides is 1. The Morgan fingerprint density at radius 2 is 1.64 bits per heavy atom. The molecule has 0 radical (unpaired) electrons. The number of nitrogens with zero attached hydrogens (tertiary/aromatic N) is 4. The largest absolute Gasteiger partial charge is 0.346 e. The van der Waals surface area contributed by atoms with Gasteiger partial charge in [-0.3, -0.25) is 9.59 Å². The number of aromatic nitrogens is 2. The Morgan fingerprint density at radius 1 is 0.932 bits per heavy atom. The summed E-state index contributed by atoms with van der Waals surface area (Å²) in [6.45, 7) is 8.35. The molecule has 1 saturated heterocycles. The van der Waals surface area contributed by atoms with Crippen LogP contribution in [-0.2, 0) is 29.8 Å². The number of Topliss-reactive ketones (excluding diaryl/α,β-unsaturated/α-hetero) is 1. The van der Waals surface area contributed by atoms with Gasteiger partial charge in [-0.1, -0.05) is 83.5 Å². The monoisotopic (exact) mass is 647 g/mol. The van der Waals surface area contributed by atoms with Crippen molar-refractivity contribution in [2.45, 2.75) is 58.4 Å². The Kier molecular flexibility index (Phi) is 7.16. The number of anilines is 1. The fourth-order valence-corrected chi connectivity index (χ4v) is 7.46. The first kappa shape index (κ1) is 28.5. The molecule has 7 rings (SSSR count). The average Bonchev–Trinajstić information content (AvgIpc) is 3.61. The van der Waals surface area contributed by atoms with Crippen LogP contribution in [0.15, 0.2) is 102 Å². The fraction of sp³-hybridized carbons (Fsp3) is 0.270. The van der Waals surface area contributed by atoms with Gasteiger partial charge >= 0.3 is 0 Å². The lowest BCUT2D eigenvalue weighted by atomic mass is 9.81. The Labute approximate surface area is 266 Å². The summed E-state index contributed by atoms with van der Waals surface area (Å²) in [4.78, 5) is 32.1. The highest BCUT2D eigenvalue weighted by atomic mass is 79.9. The molecule has 7 heteroatoms. The molecular formula is C37H36BrN4O2+. The zero-order chi connectivity index (χ0) is 30.6. The average molecular weight is 649 g/mol. The first-order valence-corrected chi connectivity index (χ1v) is 16.0. The third-order valence-electron chi connectivity index (χ3n) is 9.65. The summed E-state index contributed by atoms with van der Waals surface area (Å²) in [5, 5.41) is 0. The smallest absolute Gasteiger partial charge is 0.266 e. The van der Waals surface area contributed by atoms with Crippen LogP contribution in [0.2, 0.25) is 0 Å². The maximum Gasteiger partial charge on any atom is 0.266 e. The number of imidazole rings is 1. The molecular weight excluding hydrogens is 612 g/mol. The van der Waals surface area contributed by atoms with Gasteiger partial charge < -0.3 is 9.80 Å². The van der Waals surface area contributed by atoms with E-state index in [1.807, 2.05) is 45.8 Å². The van der Waals surface area contributed by atoms with E-state index in [9.17, 15) is 9.59 Å². The lowest BCUT2D eigenvalue weighted by molar-refractivity contribution is -0.657. The summed E-state index contributed by atoms with van der Waals surface area (Å²) in [5.41, 5.74) is 8.50. The van der Waals surface area contributed by atoms with Crippen LogP contribution in [0.1, 0.15) is 46.0 Å². The van der Waals surface area contributed by atoms with Crippen LogP contribution in [0, 0.1) is 13.8 Å². The van der Waals surface area contributed by atoms with E-state index >= 15 is 0 Å². The van der Waals surface area contributed by atoms with E-state index in [1.165, 1.54) is 16.8 Å². The van der Waals surface area contributed by atoms with Gasteiger partial charge in [0.05, 0.1) is 0 Å². The number of benzene rings is 4. The van der Waals surface area contributed by atoms with Crippen LogP contribution in [-0.4, -0.2) is 33.9 Å². The number of carbonyl (C=O) groups excluding carboxylic acids is 2. The Hall–Kier alpha value is -4.23. The predicted molar refractivity (Wildman–Crippen MR) is 177 cm³/mol. The van der Waals surface area contributed by atoms with E-state index in [-0.39, 0.29) is 36.4 Å². The summed E-state index contributed by atoms with van der Waals surface area (Å²) < 4.78 is 4.95. The molecule has 2 atom stereocenters. The van der Waals surface area contributed by atoms with Gasteiger partial charge in [0.1, 0.15) is 6.17 Å². The van der Waals surface area contributed by atoms with Gasteiger partial charge in [-0.15, -0.1) is 0 Å². The zero-order valence-corrected chi connectivity index (χ0v) is 26.9. The standard InChI is InChI=1S/C37H36BrN4O2/c1-25-19-32-33(20-26(25)2)40(24-39(32)22-34(43)28-13-15-29(38)16-14-28)23-35(44)41-18-17-37(3)30-11-7-8-12-31(30)42(36(37)41)21-27-9-5-4-6-10-27/h4-16,19-20,24,36H,17-18,21-23H2,1-3H3/q+1. The van der Waals surface area contributed by atoms with Gasteiger partial charge in [0.15, 0.2) is 24.1 Å². The molecule has 0 aliphatic carbocycles. The van der Waals surface area contributed by atoms with E-state index in [1.54, 1.807) is 0 Å². The quantitative estimate of drug-likeness (QED) is 0.145. The molecule has 2 aliphatic rings. The molecule has 1 aromatic heterocycles. The van der Waals surface area contributed by atoms with Crippen LogP contribution in [0.25, 0.3) is 11.0 Å². The van der Waals surface area contributed by atoms with Crippen LogP contribution >= 0.6 is 15.9 Å². The molecule has 1 amide bonds. The topological polar surface area (TPSA) is 49.4 Å². The zero-order valence-electron chi connectivity index (χ0n) is 25.3. The maximum absolute atomic E-state index is 14.3. The van der Waals surface area contributed by atoms with Gasteiger partial charge in [-0.2, -0.15) is 0 Å². The molecule has 0 N–H and O–H groups in total. The van der Waals surface area contributed by atoms with Crippen molar-refractivity contribution in [3.63, 3.8) is 0 Å². The molecule has 44 heavy (non-hydrogen) atoms. The summed E-state index contributed by atoms with van der Waals surface area (Å²) >= 11 is 3.45. The number of halogens is 1. The second-order valence-corrected chi connectivity index (χ2v) is 13.4. The summed E-state index contributed by atoms with van der Waals surface area (Å²) in [6.07, 6.45) is 2.79. The van der Waals surface area contributed by atoms with Crippen molar-refractivity contribution in [1.82, 2.24) is 9.47 Å². The second kappa shape index (κ2) is 11.0. The van der Waals surface area contributed by atoms with Gasteiger partial charge in [0, 0.05) is 34.2 Å². The SMILES string of the molecule is Cc1cc2c(cc1C)[n+](CC(=O)c1ccc(Br)cc1)cn2CC(=O)N1CCC2(C)c3ccccc3N(Cc3ccccc3)C12. The van der Waals surface area contributed by atoms with E-state index in [2.05, 4.69) is 107 Å². The van der Waals surface area contributed by atoms with Crippen LogP contribution < -0.4 is 9.47 Å². The Morgan fingerprint density at radius 3 is 2.41 bits per heavy atom. The normalized spacial score (nSPS) is 19.0. The van der Waals surface area contributed by atoms with Crippen molar-refractivity contribution in [2.24, 2.45) is 0 Å². The second-order valence-electron chi connectivity index (χ2n) is 12.5. The minimum absolute atomic E-state index is 0.0293. The molecule has 222 valence electrons. The number of rotatable bonds is 7. The van der Waals surface area contributed by atoms with Crippen molar-refractivity contribution >= 4 is 44.3 Å². The molecule has 1 fully saturated rings. The summed E-state index contributed by atoms with van der Waals surface area (Å²) in [6, 6.07) is 30.9. The molecule has 2 aliphatic heterocycles. The highest BCUT2D eigenvalue weighted by Gasteiger charge is 2.55. The van der Waals surface area contributed by atoms with Crippen LogP contribution in [0.3, 0.4) is 0 Å². The van der Waals surface area contributed by atoms with Crippen LogP contribution in [0.5, 0.6) is 0 Å².